The van der Waals surface area contributed by atoms with Crippen LogP contribution in [-0.4, -0.2) is 16.1 Å². The molecule has 0 radical (unpaired) electrons. The number of carbonyl (C=O) groups is 1. The highest BCUT2D eigenvalue weighted by Crippen LogP contribution is 2.51. The van der Waals surface area contributed by atoms with E-state index >= 15 is 0 Å². The van der Waals surface area contributed by atoms with Crippen LogP contribution in [0.1, 0.15) is 24.1 Å². The van der Waals surface area contributed by atoms with E-state index in [0.717, 1.165) is 6.07 Å². The molecule has 19 heavy (non-hydrogen) atoms. The van der Waals surface area contributed by atoms with Gasteiger partial charge in [0.25, 0.3) is 0 Å². The van der Waals surface area contributed by atoms with Gasteiger partial charge in [-0.25, -0.2) is 0 Å². The largest absolute Gasteiger partial charge is 0.481 e. The summed E-state index contributed by atoms with van der Waals surface area (Å²) in [6.07, 6.45) is -3.53. The van der Waals surface area contributed by atoms with E-state index in [-0.39, 0.29) is 0 Å². The summed E-state index contributed by atoms with van der Waals surface area (Å²) >= 11 is 0. The van der Waals surface area contributed by atoms with Gasteiger partial charge in [-0.1, -0.05) is 12.1 Å². The fourth-order valence-electron chi connectivity index (χ4n) is 2.45. The first kappa shape index (κ1) is 12.1. The van der Waals surface area contributed by atoms with Crippen LogP contribution >= 0.6 is 0 Å². The Hall–Kier alpha value is -1.98. The Bertz CT molecular complexity index is 668. The number of benzene rings is 1. The lowest BCUT2D eigenvalue weighted by Gasteiger charge is -2.11. The summed E-state index contributed by atoms with van der Waals surface area (Å²) in [7, 11) is 0. The molecule has 3 rings (SSSR count). The third kappa shape index (κ3) is 1.70. The fourth-order valence-corrected chi connectivity index (χ4v) is 2.45. The van der Waals surface area contributed by atoms with Crippen molar-refractivity contribution in [1.29, 1.82) is 0 Å². The van der Waals surface area contributed by atoms with E-state index < -0.39 is 23.3 Å². The van der Waals surface area contributed by atoms with Crippen molar-refractivity contribution in [1.82, 2.24) is 4.98 Å². The number of alkyl halides is 3. The third-order valence-corrected chi connectivity index (χ3v) is 3.64. The summed E-state index contributed by atoms with van der Waals surface area (Å²) in [5, 5.41) is 9.59. The number of aliphatic carboxylic acids is 1. The van der Waals surface area contributed by atoms with Gasteiger partial charge in [-0.3, -0.25) is 4.79 Å². The average Bonchev–Trinajstić information content (AvgIpc) is 2.99. The Morgan fingerprint density at radius 2 is 2.00 bits per heavy atom. The summed E-state index contributed by atoms with van der Waals surface area (Å²) in [6.45, 7) is 0. The standard InChI is InChI=1S/C13H10F3NO2/c14-13(15,16)10-6-7-8(2-1-3-9(7)17-10)12(4-5-12)11(18)19/h1-3,6,17H,4-5H2,(H,18,19). The second-order valence-corrected chi connectivity index (χ2v) is 4.83. The Kier molecular flexibility index (Phi) is 2.24. The summed E-state index contributed by atoms with van der Waals surface area (Å²) in [6, 6.07) is 5.69. The van der Waals surface area contributed by atoms with Gasteiger partial charge in [-0.05, 0) is 30.5 Å². The van der Waals surface area contributed by atoms with Gasteiger partial charge in [0.15, 0.2) is 0 Å². The Morgan fingerprint density at radius 3 is 2.53 bits per heavy atom. The molecule has 0 bridgehead atoms. The number of aromatic amines is 1. The van der Waals surface area contributed by atoms with Crippen molar-refractivity contribution >= 4 is 16.9 Å². The molecule has 0 saturated heterocycles. The van der Waals surface area contributed by atoms with Crippen LogP contribution in [-0.2, 0) is 16.4 Å². The predicted octanol–water partition coefficient (Wildman–Crippen LogP) is 3.30. The summed E-state index contributed by atoms with van der Waals surface area (Å²) < 4.78 is 38.0. The summed E-state index contributed by atoms with van der Waals surface area (Å²) in [5.41, 5.74) is -1.08. The molecule has 1 saturated carbocycles. The van der Waals surface area contributed by atoms with Gasteiger partial charge in [-0.15, -0.1) is 0 Å². The number of halogens is 3. The first-order valence-corrected chi connectivity index (χ1v) is 5.77. The smallest absolute Gasteiger partial charge is 0.431 e. The molecule has 1 aliphatic carbocycles. The van der Waals surface area contributed by atoms with E-state index in [2.05, 4.69) is 4.98 Å². The molecule has 2 aromatic rings. The van der Waals surface area contributed by atoms with Crippen molar-refractivity contribution in [3.8, 4) is 0 Å². The average molecular weight is 269 g/mol. The first-order chi connectivity index (χ1) is 8.84. The second-order valence-electron chi connectivity index (χ2n) is 4.83. The van der Waals surface area contributed by atoms with Crippen molar-refractivity contribution in [3.63, 3.8) is 0 Å². The monoisotopic (exact) mass is 269 g/mol. The van der Waals surface area contributed by atoms with E-state index in [1.54, 1.807) is 12.1 Å². The lowest BCUT2D eigenvalue weighted by Crippen LogP contribution is -2.19. The molecule has 1 heterocycles. The van der Waals surface area contributed by atoms with Gasteiger partial charge >= 0.3 is 12.1 Å². The van der Waals surface area contributed by atoms with Crippen molar-refractivity contribution in [2.75, 3.05) is 0 Å². The Morgan fingerprint density at radius 1 is 1.32 bits per heavy atom. The summed E-state index contributed by atoms with van der Waals surface area (Å²) in [4.78, 5) is 13.6. The molecule has 0 spiro atoms. The lowest BCUT2D eigenvalue weighted by atomic mass is 9.93. The number of fused-ring (bicyclic) bond motifs is 1. The van der Waals surface area contributed by atoms with Crippen LogP contribution in [0.15, 0.2) is 24.3 Å². The Labute approximate surface area is 106 Å². The number of aromatic nitrogens is 1. The molecule has 1 aromatic heterocycles. The molecule has 2 N–H and O–H groups in total. The van der Waals surface area contributed by atoms with E-state index in [4.69, 9.17) is 0 Å². The number of nitrogens with one attached hydrogen (secondary N) is 1. The van der Waals surface area contributed by atoms with Crippen molar-refractivity contribution in [3.05, 3.63) is 35.5 Å². The molecule has 0 unspecified atom stereocenters. The third-order valence-electron chi connectivity index (χ3n) is 3.64. The van der Waals surface area contributed by atoms with Crippen molar-refractivity contribution in [2.24, 2.45) is 0 Å². The highest BCUT2D eigenvalue weighted by Gasteiger charge is 2.52. The van der Waals surface area contributed by atoms with E-state index in [1.165, 1.54) is 6.07 Å². The molecule has 1 aromatic carbocycles. The van der Waals surface area contributed by atoms with E-state index in [9.17, 15) is 23.1 Å². The molecule has 1 aliphatic rings. The SMILES string of the molecule is O=C(O)C1(c2cccc3[nH]c(C(F)(F)F)cc23)CC1. The van der Waals surface area contributed by atoms with E-state index in [1.807, 2.05) is 0 Å². The predicted molar refractivity (Wildman–Crippen MR) is 61.8 cm³/mol. The maximum atomic E-state index is 12.7. The lowest BCUT2D eigenvalue weighted by molar-refractivity contribution is -0.141. The van der Waals surface area contributed by atoms with Crippen LogP contribution in [0.4, 0.5) is 13.2 Å². The fraction of sp³-hybridized carbons (Fsp3) is 0.308. The Balaban J connectivity index is 2.22. The summed E-state index contributed by atoms with van der Waals surface area (Å²) in [5.74, 6) is -0.977. The number of hydrogen-bond donors (Lipinski definition) is 2. The molecule has 100 valence electrons. The van der Waals surface area contributed by atoms with Crippen molar-refractivity contribution < 1.29 is 23.1 Å². The molecular formula is C13H10F3NO2. The van der Waals surface area contributed by atoms with Gasteiger partial charge in [0.1, 0.15) is 5.69 Å². The minimum Gasteiger partial charge on any atom is -0.481 e. The van der Waals surface area contributed by atoms with Crippen LogP contribution < -0.4 is 0 Å². The van der Waals surface area contributed by atoms with Crippen LogP contribution in [0.3, 0.4) is 0 Å². The minimum absolute atomic E-state index is 0.317. The topological polar surface area (TPSA) is 53.1 Å². The quantitative estimate of drug-likeness (QED) is 0.878. The maximum Gasteiger partial charge on any atom is 0.431 e. The molecule has 0 aliphatic heterocycles. The highest BCUT2D eigenvalue weighted by molar-refractivity contribution is 5.94. The van der Waals surface area contributed by atoms with Gasteiger partial charge in [-0.2, -0.15) is 13.2 Å². The van der Waals surface area contributed by atoms with Gasteiger partial charge in [0, 0.05) is 10.9 Å². The number of carboxylic acids is 1. The van der Waals surface area contributed by atoms with Gasteiger partial charge < -0.3 is 10.1 Å². The van der Waals surface area contributed by atoms with Crippen LogP contribution in [0.2, 0.25) is 0 Å². The minimum atomic E-state index is -4.46. The molecule has 0 amide bonds. The second kappa shape index (κ2) is 3.53. The molecule has 0 atom stereocenters. The normalized spacial score (nSPS) is 17.6. The van der Waals surface area contributed by atoms with Crippen LogP contribution in [0.25, 0.3) is 10.9 Å². The number of rotatable bonds is 2. The zero-order valence-corrected chi connectivity index (χ0v) is 9.71. The van der Waals surface area contributed by atoms with Gasteiger partial charge in [0.2, 0.25) is 0 Å². The number of hydrogen-bond acceptors (Lipinski definition) is 1. The molecule has 6 heteroatoms. The number of H-pyrrole nitrogens is 1. The van der Waals surface area contributed by atoms with E-state index in [0.29, 0.717) is 29.3 Å². The molecule has 1 fully saturated rings. The zero-order chi connectivity index (χ0) is 13.8. The van der Waals surface area contributed by atoms with Gasteiger partial charge in [0.05, 0.1) is 5.41 Å². The van der Waals surface area contributed by atoms with Crippen molar-refractivity contribution in [2.45, 2.75) is 24.4 Å². The maximum absolute atomic E-state index is 12.7. The molecular weight excluding hydrogens is 259 g/mol. The van der Waals surface area contributed by atoms with Crippen LogP contribution in [0.5, 0.6) is 0 Å². The molecule has 3 nitrogen and oxygen atoms in total. The first-order valence-electron chi connectivity index (χ1n) is 5.77. The highest BCUT2D eigenvalue weighted by atomic mass is 19.4. The van der Waals surface area contributed by atoms with Crippen LogP contribution in [0, 0.1) is 0 Å². The zero-order valence-electron chi connectivity index (χ0n) is 9.71. The number of carboxylic acid groups (broad SMARTS) is 1.